The summed E-state index contributed by atoms with van der Waals surface area (Å²) in [6.45, 7) is 8.01. The number of nitrogens with one attached hydrogen (secondary N) is 1. The summed E-state index contributed by atoms with van der Waals surface area (Å²) < 4.78 is 27.4. The maximum atomic E-state index is 12.2. The highest BCUT2D eigenvalue weighted by Gasteiger charge is 2.28. The van der Waals surface area contributed by atoms with E-state index in [-0.39, 0.29) is 18.6 Å². The summed E-state index contributed by atoms with van der Waals surface area (Å²) in [6.07, 6.45) is 1.48. The minimum atomic E-state index is -3.47. The Morgan fingerprint density at radius 1 is 1.32 bits per heavy atom. The zero-order valence-electron chi connectivity index (χ0n) is 12.0. The first-order chi connectivity index (χ1) is 8.80. The predicted octanol–water partition coefficient (Wildman–Crippen LogP) is 2.44. The summed E-state index contributed by atoms with van der Waals surface area (Å²) in [5.74, 6) is 0. The number of aliphatic hydroxyl groups excluding tert-OH is 1. The zero-order chi connectivity index (χ0) is 14.7. The normalized spacial score (nSPS) is 12.9. The summed E-state index contributed by atoms with van der Waals surface area (Å²) >= 11 is 1.28. The van der Waals surface area contributed by atoms with Crippen LogP contribution in [0.2, 0.25) is 0 Å². The van der Waals surface area contributed by atoms with Gasteiger partial charge in [-0.2, -0.15) is 0 Å². The molecule has 0 aromatic carbocycles. The predicted molar refractivity (Wildman–Crippen MR) is 79.1 cm³/mol. The van der Waals surface area contributed by atoms with Gasteiger partial charge in [-0.05, 0) is 38.3 Å². The second kappa shape index (κ2) is 6.35. The van der Waals surface area contributed by atoms with Crippen LogP contribution in [0, 0.1) is 19.3 Å². The number of rotatable bonds is 7. The number of aliphatic hydroxyl groups is 1. The fourth-order valence-corrected chi connectivity index (χ4v) is 4.49. The van der Waals surface area contributed by atoms with Crippen molar-refractivity contribution in [3.05, 3.63) is 16.5 Å². The number of sulfonamides is 1. The van der Waals surface area contributed by atoms with E-state index in [1.165, 1.54) is 11.3 Å². The van der Waals surface area contributed by atoms with E-state index in [4.69, 9.17) is 0 Å². The van der Waals surface area contributed by atoms with Crippen molar-refractivity contribution in [2.45, 2.75) is 44.7 Å². The van der Waals surface area contributed by atoms with E-state index in [1.807, 2.05) is 27.7 Å². The Morgan fingerprint density at radius 3 is 2.26 bits per heavy atom. The van der Waals surface area contributed by atoms with Gasteiger partial charge in [0.15, 0.2) is 0 Å². The van der Waals surface area contributed by atoms with Crippen LogP contribution in [0.1, 0.15) is 37.1 Å². The molecular formula is C13H23NO3S2. The molecule has 1 aromatic heterocycles. The third kappa shape index (κ3) is 3.78. The monoisotopic (exact) mass is 305 g/mol. The van der Waals surface area contributed by atoms with E-state index < -0.39 is 10.0 Å². The molecule has 0 fully saturated rings. The van der Waals surface area contributed by atoms with Gasteiger partial charge in [0, 0.05) is 23.4 Å². The molecule has 0 saturated carbocycles. The number of thiophene rings is 1. The van der Waals surface area contributed by atoms with Crippen molar-refractivity contribution in [1.29, 1.82) is 0 Å². The Hall–Kier alpha value is -0.430. The van der Waals surface area contributed by atoms with E-state index in [1.54, 1.807) is 6.07 Å². The quantitative estimate of drug-likeness (QED) is 0.813. The molecule has 0 amide bonds. The average Bonchev–Trinajstić information content (AvgIpc) is 2.73. The smallest absolute Gasteiger partial charge is 0.250 e. The van der Waals surface area contributed by atoms with Crippen molar-refractivity contribution in [3.8, 4) is 0 Å². The van der Waals surface area contributed by atoms with Gasteiger partial charge in [0.2, 0.25) is 10.0 Å². The highest BCUT2D eigenvalue weighted by Crippen LogP contribution is 2.28. The lowest BCUT2D eigenvalue weighted by molar-refractivity contribution is 0.119. The van der Waals surface area contributed by atoms with Crippen molar-refractivity contribution >= 4 is 21.4 Å². The molecule has 4 nitrogen and oxygen atoms in total. The second-order valence-electron chi connectivity index (χ2n) is 4.99. The van der Waals surface area contributed by atoms with Gasteiger partial charge in [0.05, 0.1) is 0 Å². The SMILES string of the molecule is CCC(CC)(CO)CNS(=O)(=O)c1cc(C)c(C)s1. The van der Waals surface area contributed by atoms with Crippen molar-refractivity contribution < 1.29 is 13.5 Å². The van der Waals surface area contributed by atoms with Crippen LogP contribution in [0.5, 0.6) is 0 Å². The van der Waals surface area contributed by atoms with Gasteiger partial charge in [-0.15, -0.1) is 11.3 Å². The summed E-state index contributed by atoms with van der Waals surface area (Å²) in [5.41, 5.74) is 0.624. The molecule has 0 aliphatic carbocycles. The molecule has 1 heterocycles. The average molecular weight is 305 g/mol. The zero-order valence-corrected chi connectivity index (χ0v) is 13.6. The molecule has 0 unspecified atom stereocenters. The molecule has 110 valence electrons. The van der Waals surface area contributed by atoms with Crippen molar-refractivity contribution in [1.82, 2.24) is 4.72 Å². The van der Waals surface area contributed by atoms with Gasteiger partial charge < -0.3 is 5.11 Å². The third-order valence-electron chi connectivity index (χ3n) is 3.88. The molecule has 1 aromatic rings. The molecule has 0 atom stereocenters. The molecule has 19 heavy (non-hydrogen) atoms. The number of hydrogen-bond donors (Lipinski definition) is 2. The van der Waals surface area contributed by atoms with Crippen molar-refractivity contribution in [2.75, 3.05) is 13.2 Å². The van der Waals surface area contributed by atoms with Crippen LogP contribution >= 0.6 is 11.3 Å². The number of hydrogen-bond acceptors (Lipinski definition) is 4. The standard InChI is InChI=1S/C13H23NO3S2/c1-5-13(6-2,9-15)8-14-19(16,17)12-7-10(3)11(4)18-12/h7,14-15H,5-6,8-9H2,1-4H3. The molecular weight excluding hydrogens is 282 g/mol. The highest BCUT2D eigenvalue weighted by atomic mass is 32.2. The Balaban J connectivity index is 2.86. The molecule has 0 saturated heterocycles. The lowest BCUT2D eigenvalue weighted by Crippen LogP contribution is -2.39. The van der Waals surface area contributed by atoms with E-state index >= 15 is 0 Å². The molecule has 0 spiro atoms. The first kappa shape index (κ1) is 16.6. The highest BCUT2D eigenvalue weighted by molar-refractivity contribution is 7.91. The fraction of sp³-hybridized carbons (Fsp3) is 0.692. The molecule has 1 rings (SSSR count). The topological polar surface area (TPSA) is 66.4 Å². The van der Waals surface area contributed by atoms with Crippen LogP contribution in [-0.2, 0) is 10.0 Å². The fourth-order valence-electron chi connectivity index (χ4n) is 1.77. The molecule has 0 aliphatic rings. The molecule has 2 N–H and O–H groups in total. The first-order valence-electron chi connectivity index (χ1n) is 6.48. The van der Waals surface area contributed by atoms with Crippen LogP contribution in [0.3, 0.4) is 0 Å². The van der Waals surface area contributed by atoms with E-state index in [0.29, 0.717) is 4.21 Å². The van der Waals surface area contributed by atoms with Crippen LogP contribution in [0.15, 0.2) is 10.3 Å². The number of aryl methyl sites for hydroxylation is 2. The molecule has 6 heteroatoms. The van der Waals surface area contributed by atoms with Crippen LogP contribution in [0.25, 0.3) is 0 Å². The van der Waals surface area contributed by atoms with Gasteiger partial charge >= 0.3 is 0 Å². The summed E-state index contributed by atoms with van der Waals surface area (Å²) in [5, 5.41) is 9.46. The molecule has 0 radical (unpaired) electrons. The second-order valence-corrected chi connectivity index (χ2v) is 8.24. The summed E-state index contributed by atoms with van der Waals surface area (Å²) in [6, 6.07) is 1.70. The van der Waals surface area contributed by atoms with Crippen molar-refractivity contribution in [3.63, 3.8) is 0 Å². The van der Waals surface area contributed by atoms with Gasteiger partial charge in [-0.3, -0.25) is 0 Å². The molecule has 0 bridgehead atoms. The van der Waals surface area contributed by atoms with Gasteiger partial charge in [-0.1, -0.05) is 13.8 Å². The maximum absolute atomic E-state index is 12.2. The minimum Gasteiger partial charge on any atom is -0.396 e. The van der Waals surface area contributed by atoms with Gasteiger partial charge in [0.1, 0.15) is 4.21 Å². The Kier molecular flexibility index (Phi) is 5.55. The van der Waals surface area contributed by atoms with Crippen LogP contribution in [0.4, 0.5) is 0 Å². The summed E-state index contributed by atoms with van der Waals surface area (Å²) in [4.78, 5) is 1.01. The Bertz CT molecular complexity index is 488. The van der Waals surface area contributed by atoms with Gasteiger partial charge in [0.25, 0.3) is 0 Å². The van der Waals surface area contributed by atoms with E-state index in [2.05, 4.69) is 4.72 Å². The minimum absolute atomic E-state index is 0.00891. The molecule has 0 aliphatic heterocycles. The Labute approximate surface area is 119 Å². The lowest BCUT2D eigenvalue weighted by atomic mass is 9.84. The third-order valence-corrected chi connectivity index (χ3v) is 6.91. The van der Waals surface area contributed by atoms with Crippen molar-refractivity contribution in [2.24, 2.45) is 5.41 Å². The maximum Gasteiger partial charge on any atom is 0.250 e. The van der Waals surface area contributed by atoms with E-state index in [9.17, 15) is 13.5 Å². The summed E-state index contributed by atoms with van der Waals surface area (Å²) in [7, 11) is -3.47. The first-order valence-corrected chi connectivity index (χ1v) is 8.78. The van der Waals surface area contributed by atoms with Crippen LogP contribution < -0.4 is 4.72 Å². The lowest BCUT2D eigenvalue weighted by Gasteiger charge is -2.29. The van der Waals surface area contributed by atoms with Gasteiger partial charge in [-0.25, -0.2) is 13.1 Å². The van der Waals surface area contributed by atoms with E-state index in [0.717, 1.165) is 23.3 Å². The Morgan fingerprint density at radius 2 is 1.89 bits per heavy atom. The largest absolute Gasteiger partial charge is 0.396 e. The van der Waals surface area contributed by atoms with Crippen LogP contribution in [-0.4, -0.2) is 26.7 Å².